The molecule has 7 heteroatoms. The van der Waals surface area contributed by atoms with Crippen molar-refractivity contribution in [2.45, 2.75) is 6.18 Å². The highest BCUT2D eigenvalue weighted by molar-refractivity contribution is 6.32. The molecule has 0 fully saturated rings. The van der Waals surface area contributed by atoms with Crippen molar-refractivity contribution in [3.05, 3.63) is 22.8 Å². The fourth-order valence-electron chi connectivity index (χ4n) is 0.851. The number of nitrogens with zero attached hydrogens (tertiary/aromatic N) is 3. The average Bonchev–Trinajstić information content (AvgIpc) is 2.14. The molecule has 0 N–H and O–H groups in total. The Labute approximate surface area is 95.6 Å². The molecule has 0 aromatic carbocycles. The molecule has 0 aliphatic heterocycles. The van der Waals surface area contributed by atoms with E-state index in [4.69, 9.17) is 11.6 Å². The van der Waals surface area contributed by atoms with Gasteiger partial charge in [-0.05, 0) is 6.07 Å². The van der Waals surface area contributed by atoms with Gasteiger partial charge in [0.1, 0.15) is 0 Å². The van der Waals surface area contributed by atoms with Crippen LogP contribution in [0, 0.1) is 0 Å². The number of hydrogen-bond acceptors (Lipinski definition) is 2. The van der Waals surface area contributed by atoms with Crippen molar-refractivity contribution >= 4 is 23.8 Å². The minimum absolute atomic E-state index is 0.0587. The Morgan fingerprint density at radius 1 is 1.44 bits per heavy atom. The van der Waals surface area contributed by atoms with Gasteiger partial charge in [-0.15, -0.1) is 0 Å². The minimum Gasteiger partial charge on any atom is -0.369 e. The molecule has 1 aromatic rings. The Morgan fingerprint density at radius 2 is 2.06 bits per heavy atom. The topological polar surface area (TPSA) is 28.5 Å². The third-order valence-corrected chi connectivity index (χ3v) is 1.84. The highest BCUT2D eigenvalue weighted by atomic mass is 35.5. The molecule has 1 aromatic heterocycles. The van der Waals surface area contributed by atoms with E-state index in [2.05, 4.69) is 9.98 Å². The van der Waals surface area contributed by atoms with E-state index in [-0.39, 0.29) is 10.8 Å². The monoisotopic (exact) mass is 251 g/mol. The van der Waals surface area contributed by atoms with Gasteiger partial charge in [0.2, 0.25) is 0 Å². The molecule has 0 spiro atoms. The van der Waals surface area contributed by atoms with Crippen molar-refractivity contribution in [3.63, 3.8) is 0 Å². The van der Waals surface area contributed by atoms with Gasteiger partial charge >= 0.3 is 6.18 Å². The first-order chi connectivity index (χ1) is 7.30. The first-order valence-electron chi connectivity index (χ1n) is 4.24. The lowest BCUT2D eigenvalue weighted by Gasteiger charge is -2.07. The number of aliphatic imine (C=N–C) groups is 1. The summed E-state index contributed by atoms with van der Waals surface area (Å²) in [5.41, 5.74) is -0.888. The Balaban J connectivity index is 3.01. The van der Waals surface area contributed by atoms with Crippen molar-refractivity contribution in [1.82, 2.24) is 9.88 Å². The van der Waals surface area contributed by atoms with E-state index in [9.17, 15) is 13.2 Å². The predicted molar refractivity (Wildman–Crippen MR) is 56.1 cm³/mol. The number of halogens is 4. The molecule has 1 rings (SSSR count). The molecular formula is C9H9ClF3N3. The Kier molecular flexibility index (Phi) is 3.74. The van der Waals surface area contributed by atoms with E-state index < -0.39 is 11.7 Å². The Morgan fingerprint density at radius 3 is 2.50 bits per heavy atom. The second-order valence-electron chi connectivity index (χ2n) is 3.24. The van der Waals surface area contributed by atoms with Gasteiger partial charge in [-0.1, -0.05) is 11.6 Å². The van der Waals surface area contributed by atoms with Crippen molar-refractivity contribution in [1.29, 1.82) is 0 Å². The van der Waals surface area contributed by atoms with Crippen LogP contribution in [0.25, 0.3) is 0 Å². The van der Waals surface area contributed by atoms with Crippen LogP contribution in [0.1, 0.15) is 5.56 Å². The summed E-state index contributed by atoms with van der Waals surface area (Å²) in [6.45, 7) is 0. The quantitative estimate of drug-likeness (QED) is 0.597. The SMILES string of the molecule is CN(C)/C=N/c1ncc(C(F)(F)F)cc1Cl. The molecule has 0 saturated carbocycles. The van der Waals surface area contributed by atoms with Crippen molar-refractivity contribution in [2.75, 3.05) is 14.1 Å². The largest absolute Gasteiger partial charge is 0.417 e. The predicted octanol–water partition coefficient (Wildman–Crippen LogP) is 2.98. The van der Waals surface area contributed by atoms with Gasteiger partial charge in [-0.3, -0.25) is 0 Å². The number of rotatable bonds is 2. The van der Waals surface area contributed by atoms with Crippen molar-refractivity contribution in [2.24, 2.45) is 4.99 Å². The number of aromatic nitrogens is 1. The standard InChI is InChI=1S/C9H9ClF3N3/c1-16(2)5-15-8-7(10)3-6(4-14-8)9(11,12)13/h3-5H,1-2H3/b15-5+. The lowest BCUT2D eigenvalue weighted by atomic mass is 10.3. The summed E-state index contributed by atoms with van der Waals surface area (Å²) in [4.78, 5) is 8.98. The smallest absolute Gasteiger partial charge is 0.369 e. The van der Waals surface area contributed by atoms with Crippen LogP contribution in [0.5, 0.6) is 0 Å². The van der Waals surface area contributed by atoms with Gasteiger partial charge in [-0.25, -0.2) is 9.98 Å². The maximum absolute atomic E-state index is 12.3. The van der Waals surface area contributed by atoms with Gasteiger partial charge in [0.15, 0.2) is 5.82 Å². The molecule has 0 saturated heterocycles. The zero-order valence-corrected chi connectivity index (χ0v) is 9.34. The molecule has 3 nitrogen and oxygen atoms in total. The van der Waals surface area contributed by atoms with E-state index >= 15 is 0 Å². The van der Waals surface area contributed by atoms with Gasteiger partial charge in [0.25, 0.3) is 0 Å². The highest BCUT2D eigenvalue weighted by Crippen LogP contribution is 2.32. The van der Waals surface area contributed by atoms with Crippen LogP contribution in [-0.2, 0) is 6.18 Å². The maximum atomic E-state index is 12.3. The molecule has 88 valence electrons. The van der Waals surface area contributed by atoms with Crippen LogP contribution >= 0.6 is 11.6 Å². The molecule has 0 bridgehead atoms. The molecule has 16 heavy (non-hydrogen) atoms. The van der Waals surface area contributed by atoms with Crippen molar-refractivity contribution < 1.29 is 13.2 Å². The lowest BCUT2D eigenvalue weighted by Crippen LogP contribution is -2.08. The Bertz CT molecular complexity index is 401. The summed E-state index contributed by atoms with van der Waals surface area (Å²) in [6, 6.07) is 0.802. The van der Waals surface area contributed by atoms with Gasteiger partial charge < -0.3 is 4.90 Å². The van der Waals surface area contributed by atoms with E-state index in [0.29, 0.717) is 6.20 Å². The van der Waals surface area contributed by atoms with Gasteiger partial charge in [0, 0.05) is 20.3 Å². The second-order valence-corrected chi connectivity index (χ2v) is 3.64. The minimum atomic E-state index is -4.44. The number of pyridine rings is 1. The molecule has 0 aliphatic carbocycles. The van der Waals surface area contributed by atoms with E-state index in [1.54, 1.807) is 19.0 Å². The van der Waals surface area contributed by atoms with Crippen LogP contribution in [0.4, 0.5) is 19.0 Å². The van der Waals surface area contributed by atoms with Crippen LogP contribution in [0.2, 0.25) is 5.02 Å². The molecule has 0 aliphatic rings. The molecular weight excluding hydrogens is 243 g/mol. The molecule has 1 heterocycles. The van der Waals surface area contributed by atoms with Crippen LogP contribution in [-0.4, -0.2) is 30.3 Å². The van der Waals surface area contributed by atoms with Crippen molar-refractivity contribution in [3.8, 4) is 0 Å². The summed E-state index contributed by atoms with van der Waals surface area (Å²) in [5, 5.41) is -0.132. The van der Waals surface area contributed by atoms with Gasteiger partial charge in [0.05, 0.1) is 16.9 Å². The summed E-state index contributed by atoms with van der Waals surface area (Å²) in [6.07, 6.45) is -2.34. The van der Waals surface area contributed by atoms with E-state index in [1.165, 1.54) is 6.34 Å². The summed E-state index contributed by atoms with van der Waals surface area (Å²) >= 11 is 5.62. The fraction of sp³-hybridized carbons (Fsp3) is 0.333. The number of alkyl halides is 3. The third kappa shape index (κ3) is 3.37. The molecule has 0 amide bonds. The van der Waals surface area contributed by atoms with Crippen LogP contribution in [0.15, 0.2) is 17.3 Å². The lowest BCUT2D eigenvalue weighted by molar-refractivity contribution is -0.137. The fourth-order valence-corrected chi connectivity index (χ4v) is 1.07. The van der Waals surface area contributed by atoms with E-state index in [1.807, 2.05) is 0 Å². The molecule has 0 unspecified atom stereocenters. The summed E-state index contributed by atoms with van der Waals surface area (Å²) in [7, 11) is 3.45. The third-order valence-electron chi connectivity index (χ3n) is 1.56. The molecule has 0 atom stereocenters. The highest BCUT2D eigenvalue weighted by Gasteiger charge is 2.31. The maximum Gasteiger partial charge on any atom is 0.417 e. The van der Waals surface area contributed by atoms with Gasteiger partial charge in [-0.2, -0.15) is 13.2 Å². The zero-order valence-electron chi connectivity index (χ0n) is 8.59. The Hall–Kier alpha value is -1.30. The second kappa shape index (κ2) is 4.69. The first-order valence-corrected chi connectivity index (χ1v) is 4.62. The zero-order chi connectivity index (χ0) is 12.3. The average molecular weight is 252 g/mol. The first kappa shape index (κ1) is 12.8. The molecule has 0 radical (unpaired) electrons. The number of hydrogen-bond donors (Lipinski definition) is 0. The van der Waals surface area contributed by atoms with Crippen LogP contribution in [0.3, 0.4) is 0 Å². The van der Waals surface area contributed by atoms with Crippen LogP contribution < -0.4 is 0 Å². The van der Waals surface area contributed by atoms with E-state index in [0.717, 1.165) is 6.07 Å². The summed E-state index contributed by atoms with van der Waals surface area (Å²) < 4.78 is 36.8. The summed E-state index contributed by atoms with van der Waals surface area (Å²) in [5.74, 6) is 0.0587. The normalized spacial score (nSPS) is 12.1.